The number of hydrogen-bond donors (Lipinski definition) is 2. The minimum Gasteiger partial charge on any atom is -0.492 e. The fourth-order valence-electron chi connectivity index (χ4n) is 4.68. The van der Waals surface area contributed by atoms with E-state index >= 15 is 0 Å². The predicted molar refractivity (Wildman–Crippen MR) is 126 cm³/mol. The average molecular weight is 441 g/mol. The van der Waals surface area contributed by atoms with Crippen molar-refractivity contribution < 1.29 is 9.53 Å². The second kappa shape index (κ2) is 9.92. The van der Waals surface area contributed by atoms with E-state index in [1.165, 1.54) is 30.4 Å². The number of nitrogens with one attached hydrogen (secondary N) is 2. The topological polar surface area (TPSA) is 78.3 Å². The first kappa shape index (κ1) is 22.0. The van der Waals surface area contributed by atoms with Gasteiger partial charge in [0.2, 0.25) is 0 Å². The first-order valence-electron chi connectivity index (χ1n) is 11.4. The van der Waals surface area contributed by atoms with Crippen LogP contribution in [0.5, 0.6) is 5.75 Å². The Morgan fingerprint density at radius 1 is 1.42 bits per heavy atom. The normalized spacial score (nSPS) is 16.7. The van der Waals surface area contributed by atoms with Crippen LogP contribution < -0.4 is 10.1 Å². The molecule has 2 aliphatic rings. The number of benzene rings is 1. The lowest BCUT2D eigenvalue weighted by Gasteiger charge is -2.27. The summed E-state index contributed by atoms with van der Waals surface area (Å²) >= 11 is 1.53. The van der Waals surface area contributed by atoms with Crippen molar-refractivity contribution in [1.29, 1.82) is 5.41 Å². The van der Waals surface area contributed by atoms with Crippen LogP contribution in [0.1, 0.15) is 65.2 Å². The van der Waals surface area contributed by atoms with Crippen LogP contribution in [0, 0.1) is 5.41 Å². The molecular weight excluding hydrogens is 408 g/mol. The average Bonchev–Trinajstić information content (AvgIpc) is 3.43. The molecule has 1 amide bonds. The van der Waals surface area contributed by atoms with Crippen molar-refractivity contribution in [2.45, 2.75) is 57.4 Å². The van der Waals surface area contributed by atoms with Crippen LogP contribution in [0.3, 0.4) is 0 Å². The van der Waals surface area contributed by atoms with Crippen LogP contribution in [-0.2, 0) is 6.42 Å². The molecule has 4 rings (SSSR count). The van der Waals surface area contributed by atoms with Gasteiger partial charge in [0.25, 0.3) is 5.91 Å². The maximum atomic E-state index is 13.4. The summed E-state index contributed by atoms with van der Waals surface area (Å²) in [6.45, 7) is 4.21. The minimum absolute atomic E-state index is 0.00297. The molecule has 6 nitrogen and oxygen atoms in total. The summed E-state index contributed by atoms with van der Waals surface area (Å²) in [4.78, 5) is 21.4. The van der Waals surface area contributed by atoms with Crippen molar-refractivity contribution in [1.82, 2.24) is 15.2 Å². The molecule has 1 fully saturated rings. The molecule has 1 atom stereocenters. The van der Waals surface area contributed by atoms with Crippen LogP contribution in [0.25, 0.3) is 11.3 Å². The Morgan fingerprint density at radius 3 is 2.94 bits per heavy atom. The van der Waals surface area contributed by atoms with Gasteiger partial charge in [-0.3, -0.25) is 4.79 Å². The Labute approximate surface area is 188 Å². The number of likely N-dealkylation sites (N-methyl/N-ethyl adjacent to an activating group) is 1. The highest BCUT2D eigenvalue weighted by Crippen LogP contribution is 2.39. The zero-order chi connectivity index (χ0) is 21.8. The number of fused-ring (bicyclic) bond motifs is 3. The molecular formula is C24H32N4O2S. The van der Waals surface area contributed by atoms with Crippen molar-refractivity contribution >= 4 is 23.5 Å². The molecule has 2 aromatic rings. The van der Waals surface area contributed by atoms with E-state index in [4.69, 9.17) is 15.1 Å². The maximum absolute atomic E-state index is 13.4. The predicted octanol–water partition coefficient (Wildman–Crippen LogP) is 4.49. The summed E-state index contributed by atoms with van der Waals surface area (Å²) < 4.78 is 6.05. The maximum Gasteiger partial charge on any atom is 0.283 e. The summed E-state index contributed by atoms with van der Waals surface area (Å²) in [5.74, 6) is 0.886. The zero-order valence-electron chi connectivity index (χ0n) is 18.4. The smallest absolute Gasteiger partial charge is 0.283 e. The van der Waals surface area contributed by atoms with E-state index in [1.54, 1.807) is 0 Å². The number of thiazole rings is 1. The van der Waals surface area contributed by atoms with Crippen LogP contribution in [-0.4, -0.2) is 54.8 Å². The Kier molecular flexibility index (Phi) is 7.02. The summed E-state index contributed by atoms with van der Waals surface area (Å²) in [5.41, 5.74) is 2.88. The van der Waals surface area contributed by atoms with Gasteiger partial charge in [0.1, 0.15) is 5.75 Å². The lowest BCUT2D eigenvalue weighted by molar-refractivity contribution is 0.0681. The van der Waals surface area contributed by atoms with E-state index in [2.05, 4.69) is 17.1 Å². The summed E-state index contributed by atoms with van der Waals surface area (Å²) in [6, 6.07) is 6.47. The van der Waals surface area contributed by atoms with Crippen LogP contribution in [0.15, 0.2) is 18.2 Å². The van der Waals surface area contributed by atoms with Crippen molar-refractivity contribution in [3.05, 3.63) is 33.6 Å². The SMILES string of the molecule is CCCN(C(=O)c1nc2c(s1)CCOc1cc(C(C=N)CNC)ccc1-2)C1CCCC1. The number of amides is 1. The van der Waals surface area contributed by atoms with Crippen LogP contribution >= 0.6 is 11.3 Å². The Hall–Kier alpha value is -2.25. The zero-order valence-corrected chi connectivity index (χ0v) is 19.3. The summed E-state index contributed by atoms with van der Waals surface area (Å²) in [6.07, 6.45) is 7.83. The second-order valence-electron chi connectivity index (χ2n) is 8.41. The number of nitrogens with zero attached hydrogens (tertiary/aromatic N) is 2. The van der Waals surface area contributed by atoms with Gasteiger partial charge in [-0.15, -0.1) is 11.3 Å². The molecule has 0 radical (unpaired) electrons. The van der Waals surface area contributed by atoms with Gasteiger partial charge in [-0.2, -0.15) is 0 Å². The summed E-state index contributed by atoms with van der Waals surface area (Å²) in [5, 5.41) is 11.5. The number of ether oxygens (including phenoxy) is 1. The fourth-order valence-corrected chi connectivity index (χ4v) is 5.70. The first-order chi connectivity index (χ1) is 15.2. The van der Waals surface area contributed by atoms with E-state index < -0.39 is 0 Å². The van der Waals surface area contributed by atoms with E-state index in [-0.39, 0.29) is 11.8 Å². The first-order valence-corrected chi connectivity index (χ1v) is 12.2. The highest BCUT2D eigenvalue weighted by molar-refractivity contribution is 7.14. The van der Waals surface area contributed by atoms with Crippen molar-refractivity contribution in [2.75, 3.05) is 26.7 Å². The Morgan fingerprint density at radius 2 is 2.23 bits per heavy atom. The van der Waals surface area contributed by atoms with Gasteiger partial charge in [0, 0.05) is 48.1 Å². The van der Waals surface area contributed by atoms with Crippen molar-refractivity contribution in [3.63, 3.8) is 0 Å². The lowest BCUT2D eigenvalue weighted by Crippen LogP contribution is -2.39. The molecule has 2 heterocycles. The second-order valence-corrected chi connectivity index (χ2v) is 9.50. The van der Waals surface area contributed by atoms with E-state index in [1.807, 2.05) is 25.2 Å². The Balaban J connectivity index is 1.65. The molecule has 31 heavy (non-hydrogen) atoms. The molecule has 0 saturated heterocycles. The van der Waals surface area contributed by atoms with Crippen molar-refractivity contribution in [2.24, 2.45) is 0 Å². The van der Waals surface area contributed by atoms with E-state index in [0.717, 1.165) is 59.7 Å². The number of carbonyl (C=O) groups excluding carboxylic acids is 1. The van der Waals surface area contributed by atoms with E-state index in [9.17, 15) is 4.79 Å². The molecule has 1 aliphatic carbocycles. The molecule has 1 aromatic heterocycles. The fraction of sp³-hybridized carbons (Fsp3) is 0.542. The van der Waals surface area contributed by atoms with Crippen LogP contribution in [0.2, 0.25) is 0 Å². The number of aromatic nitrogens is 1. The number of hydrogen-bond acceptors (Lipinski definition) is 6. The number of rotatable bonds is 8. The molecule has 7 heteroatoms. The van der Waals surface area contributed by atoms with Gasteiger partial charge >= 0.3 is 0 Å². The molecule has 1 aromatic carbocycles. The van der Waals surface area contributed by atoms with Gasteiger partial charge in [-0.05, 0) is 44.0 Å². The van der Waals surface area contributed by atoms with Gasteiger partial charge < -0.3 is 20.4 Å². The van der Waals surface area contributed by atoms with Crippen molar-refractivity contribution in [3.8, 4) is 17.0 Å². The van der Waals surface area contributed by atoms with Gasteiger partial charge in [-0.1, -0.05) is 25.8 Å². The largest absolute Gasteiger partial charge is 0.492 e. The molecule has 1 saturated carbocycles. The third kappa shape index (κ3) is 4.53. The molecule has 0 bridgehead atoms. The minimum atomic E-state index is 0.00297. The molecule has 0 spiro atoms. The highest BCUT2D eigenvalue weighted by atomic mass is 32.1. The molecule has 1 aliphatic heterocycles. The third-order valence-electron chi connectivity index (χ3n) is 6.27. The molecule has 1 unspecified atom stereocenters. The van der Waals surface area contributed by atoms with E-state index in [0.29, 0.717) is 24.2 Å². The molecule has 166 valence electrons. The van der Waals surface area contributed by atoms with Crippen LogP contribution in [0.4, 0.5) is 0 Å². The lowest BCUT2D eigenvalue weighted by atomic mass is 9.97. The standard InChI is InChI=1S/C24H32N4O2S/c1-3-11-28(18-6-4-5-7-18)24(29)23-27-22-19-9-8-16(17(14-25)15-26-2)13-20(19)30-12-10-21(22)31-23/h8-9,13-14,17-18,25-26H,3-7,10-12,15H2,1-2H3. The summed E-state index contributed by atoms with van der Waals surface area (Å²) in [7, 11) is 1.89. The van der Waals surface area contributed by atoms with Gasteiger partial charge in [-0.25, -0.2) is 4.98 Å². The Bertz CT molecular complexity index is 936. The molecule has 2 N–H and O–H groups in total. The quantitative estimate of drug-likeness (QED) is 0.593. The number of carbonyl (C=O) groups is 1. The third-order valence-corrected chi connectivity index (χ3v) is 7.38. The highest BCUT2D eigenvalue weighted by Gasteiger charge is 2.30. The van der Waals surface area contributed by atoms with Gasteiger partial charge in [0.15, 0.2) is 5.01 Å². The monoisotopic (exact) mass is 440 g/mol. The van der Waals surface area contributed by atoms with Gasteiger partial charge in [0.05, 0.1) is 12.3 Å².